The summed E-state index contributed by atoms with van der Waals surface area (Å²) in [6.07, 6.45) is 1.49. The average molecular weight is 369 g/mol. The van der Waals surface area contributed by atoms with Crippen molar-refractivity contribution in [3.05, 3.63) is 57.3 Å². The monoisotopic (exact) mass is 368 g/mol. The molecule has 0 aliphatic carbocycles. The van der Waals surface area contributed by atoms with Crippen LogP contribution in [-0.2, 0) is 11.8 Å². The molecule has 5 nitrogen and oxygen atoms in total. The highest BCUT2D eigenvalue weighted by Crippen LogP contribution is 2.22. The van der Waals surface area contributed by atoms with Crippen LogP contribution in [0, 0.1) is 29.6 Å². The molecule has 1 aromatic heterocycles. The maximum absolute atomic E-state index is 12.3. The summed E-state index contributed by atoms with van der Waals surface area (Å²) in [5.41, 5.74) is 2.50. The molecule has 1 N–H and O–H groups in total. The van der Waals surface area contributed by atoms with E-state index in [2.05, 4.69) is 27.3 Å². The van der Waals surface area contributed by atoms with E-state index in [0.717, 1.165) is 10.2 Å². The number of carbonyl (C=O) groups is 1. The van der Waals surface area contributed by atoms with Crippen LogP contribution in [0.5, 0.6) is 0 Å². The molecule has 0 aliphatic heterocycles. The van der Waals surface area contributed by atoms with Crippen LogP contribution in [0.1, 0.15) is 17.0 Å². The van der Waals surface area contributed by atoms with Gasteiger partial charge in [0.25, 0.3) is 5.91 Å². The minimum Gasteiger partial charge on any atom is -0.339 e. The lowest BCUT2D eigenvalue weighted by molar-refractivity contribution is -0.112. The van der Waals surface area contributed by atoms with Gasteiger partial charge in [-0.05, 0) is 52.7 Å². The molecule has 114 valence electrons. The van der Waals surface area contributed by atoms with Crippen LogP contribution in [0.3, 0.4) is 0 Å². The number of benzene rings is 1. The zero-order valence-electron chi connectivity index (χ0n) is 12.6. The van der Waals surface area contributed by atoms with Gasteiger partial charge in [-0.15, -0.1) is 0 Å². The van der Waals surface area contributed by atoms with Crippen molar-refractivity contribution in [2.24, 2.45) is 7.05 Å². The van der Waals surface area contributed by atoms with Crippen LogP contribution < -0.4 is 5.32 Å². The van der Waals surface area contributed by atoms with Gasteiger partial charge in [-0.2, -0.15) is 10.5 Å². The molecule has 1 heterocycles. The molecular weight excluding hydrogens is 356 g/mol. The van der Waals surface area contributed by atoms with Crippen molar-refractivity contribution in [3.63, 3.8) is 0 Å². The van der Waals surface area contributed by atoms with E-state index in [1.165, 1.54) is 6.08 Å². The molecule has 0 fully saturated rings. The number of hydrogen-bond acceptors (Lipinski definition) is 3. The molecule has 0 saturated heterocycles. The second-order valence-corrected chi connectivity index (χ2v) is 5.70. The first-order valence-corrected chi connectivity index (χ1v) is 7.51. The standard InChI is InChI=1S/C17H13BrN4O/c1-11-12(8-14(10-20)22(11)2)7-13(9-19)17(23)21-16-6-4-3-5-15(16)18/h3-8H,1-2H3,(H,21,23)/b13-7+. The van der Waals surface area contributed by atoms with Gasteiger partial charge in [-0.3, -0.25) is 4.79 Å². The van der Waals surface area contributed by atoms with Gasteiger partial charge in [0.15, 0.2) is 0 Å². The minimum absolute atomic E-state index is 0.0288. The van der Waals surface area contributed by atoms with E-state index < -0.39 is 5.91 Å². The zero-order chi connectivity index (χ0) is 17.0. The van der Waals surface area contributed by atoms with Crippen LogP contribution in [0.15, 0.2) is 40.4 Å². The van der Waals surface area contributed by atoms with E-state index >= 15 is 0 Å². The predicted octanol–water partition coefficient (Wildman–Crippen LogP) is 3.51. The Morgan fingerprint density at radius 1 is 1.35 bits per heavy atom. The normalized spacial score (nSPS) is 10.7. The molecule has 0 aliphatic rings. The van der Waals surface area contributed by atoms with E-state index in [1.54, 1.807) is 35.9 Å². The van der Waals surface area contributed by atoms with Gasteiger partial charge in [-0.1, -0.05) is 12.1 Å². The van der Waals surface area contributed by atoms with Crippen LogP contribution in [0.25, 0.3) is 6.08 Å². The Hall–Kier alpha value is -2.83. The number of hydrogen-bond donors (Lipinski definition) is 1. The van der Waals surface area contributed by atoms with Crippen molar-refractivity contribution in [1.82, 2.24) is 4.57 Å². The number of nitriles is 2. The summed E-state index contributed by atoms with van der Waals surface area (Å²) in [5, 5.41) is 21.0. The average Bonchev–Trinajstić information content (AvgIpc) is 2.82. The summed E-state index contributed by atoms with van der Waals surface area (Å²) in [5.74, 6) is -0.499. The third-order valence-corrected chi connectivity index (χ3v) is 4.17. The molecule has 0 radical (unpaired) electrons. The summed E-state index contributed by atoms with van der Waals surface area (Å²) in [6.45, 7) is 1.83. The molecule has 1 aromatic carbocycles. The number of aromatic nitrogens is 1. The van der Waals surface area contributed by atoms with Gasteiger partial charge >= 0.3 is 0 Å². The summed E-state index contributed by atoms with van der Waals surface area (Å²) in [6, 6.07) is 12.8. The second kappa shape index (κ2) is 6.95. The number of halogens is 1. The minimum atomic E-state index is -0.499. The predicted molar refractivity (Wildman–Crippen MR) is 91.2 cm³/mol. The van der Waals surface area contributed by atoms with Gasteiger partial charge in [0, 0.05) is 17.2 Å². The fourth-order valence-electron chi connectivity index (χ4n) is 2.03. The first kappa shape index (κ1) is 16.5. The number of para-hydroxylation sites is 1. The van der Waals surface area contributed by atoms with Gasteiger partial charge in [0.1, 0.15) is 23.4 Å². The molecule has 2 rings (SSSR count). The van der Waals surface area contributed by atoms with E-state index in [9.17, 15) is 10.1 Å². The molecule has 1 amide bonds. The van der Waals surface area contributed by atoms with Crippen LogP contribution >= 0.6 is 15.9 Å². The molecule has 0 saturated carbocycles. The maximum Gasteiger partial charge on any atom is 0.266 e. The first-order valence-electron chi connectivity index (χ1n) is 6.72. The van der Waals surface area contributed by atoms with Crippen LogP contribution in [-0.4, -0.2) is 10.5 Å². The Morgan fingerprint density at radius 2 is 2.04 bits per heavy atom. The Bertz CT molecular complexity index is 881. The van der Waals surface area contributed by atoms with Gasteiger partial charge in [0.05, 0.1) is 5.69 Å². The molecule has 6 heteroatoms. The Morgan fingerprint density at radius 3 is 2.61 bits per heavy atom. The van der Waals surface area contributed by atoms with Crippen LogP contribution in [0.4, 0.5) is 5.69 Å². The third kappa shape index (κ3) is 3.50. The highest BCUT2D eigenvalue weighted by atomic mass is 79.9. The molecule has 0 unspecified atom stereocenters. The van der Waals surface area contributed by atoms with Crippen LogP contribution in [0.2, 0.25) is 0 Å². The Kier molecular flexibility index (Phi) is 5.00. The first-order chi connectivity index (χ1) is 11.0. The molecular formula is C17H13BrN4O. The number of carbonyl (C=O) groups excluding carboxylic acids is 1. The number of nitrogens with zero attached hydrogens (tertiary/aromatic N) is 3. The van der Waals surface area contributed by atoms with Gasteiger partial charge < -0.3 is 9.88 Å². The Labute approximate surface area is 142 Å². The number of amides is 1. The third-order valence-electron chi connectivity index (χ3n) is 3.48. The fraction of sp³-hybridized carbons (Fsp3) is 0.118. The molecule has 0 spiro atoms. The van der Waals surface area contributed by atoms with E-state index in [-0.39, 0.29) is 5.57 Å². The Balaban J connectivity index is 2.33. The number of rotatable bonds is 3. The van der Waals surface area contributed by atoms with E-state index in [1.807, 2.05) is 19.1 Å². The second-order valence-electron chi connectivity index (χ2n) is 4.84. The highest BCUT2D eigenvalue weighted by Gasteiger charge is 2.13. The van der Waals surface area contributed by atoms with Crippen molar-refractivity contribution in [3.8, 4) is 12.1 Å². The number of nitrogens with one attached hydrogen (secondary N) is 1. The maximum atomic E-state index is 12.3. The van der Waals surface area contributed by atoms with E-state index in [0.29, 0.717) is 16.9 Å². The van der Waals surface area contributed by atoms with Gasteiger partial charge in [-0.25, -0.2) is 0 Å². The smallest absolute Gasteiger partial charge is 0.266 e. The quantitative estimate of drug-likeness (QED) is 0.664. The topological polar surface area (TPSA) is 81.6 Å². The summed E-state index contributed by atoms with van der Waals surface area (Å²) < 4.78 is 2.44. The lowest BCUT2D eigenvalue weighted by atomic mass is 10.1. The summed E-state index contributed by atoms with van der Waals surface area (Å²) >= 11 is 3.34. The largest absolute Gasteiger partial charge is 0.339 e. The lowest BCUT2D eigenvalue weighted by Crippen LogP contribution is -2.13. The number of anilines is 1. The van der Waals surface area contributed by atoms with Crippen molar-refractivity contribution < 1.29 is 4.79 Å². The van der Waals surface area contributed by atoms with E-state index in [4.69, 9.17) is 5.26 Å². The van der Waals surface area contributed by atoms with Crippen molar-refractivity contribution in [2.75, 3.05) is 5.32 Å². The van der Waals surface area contributed by atoms with Crippen molar-refractivity contribution >= 4 is 33.6 Å². The SMILES string of the molecule is Cc1c(/C=C(\C#N)C(=O)Nc2ccccc2Br)cc(C#N)n1C. The lowest BCUT2D eigenvalue weighted by Gasteiger charge is -2.06. The summed E-state index contributed by atoms with van der Waals surface area (Å²) in [7, 11) is 1.76. The molecule has 0 bridgehead atoms. The van der Waals surface area contributed by atoms with Crippen molar-refractivity contribution in [1.29, 1.82) is 10.5 Å². The molecule has 2 aromatic rings. The molecule has 23 heavy (non-hydrogen) atoms. The zero-order valence-corrected chi connectivity index (χ0v) is 14.2. The fourth-order valence-corrected chi connectivity index (χ4v) is 2.42. The van der Waals surface area contributed by atoms with Gasteiger partial charge in [0.2, 0.25) is 0 Å². The van der Waals surface area contributed by atoms with Crippen molar-refractivity contribution in [2.45, 2.75) is 6.92 Å². The summed E-state index contributed by atoms with van der Waals surface area (Å²) in [4.78, 5) is 12.3. The molecule has 0 atom stereocenters. The highest BCUT2D eigenvalue weighted by molar-refractivity contribution is 9.10.